The summed E-state index contributed by atoms with van der Waals surface area (Å²) in [6, 6.07) is 5.71. The lowest BCUT2D eigenvalue weighted by atomic mass is 10.1. The zero-order valence-electron chi connectivity index (χ0n) is 9.49. The molecule has 0 spiro atoms. The van der Waals surface area contributed by atoms with Gasteiger partial charge in [-0.2, -0.15) is 0 Å². The molecule has 0 aliphatic rings. The van der Waals surface area contributed by atoms with Crippen LogP contribution in [0.5, 0.6) is 11.5 Å². The third-order valence-electron chi connectivity index (χ3n) is 1.99. The van der Waals surface area contributed by atoms with E-state index in [2.05, 4.69) is 0 Å². The van der Waals surface area contributed by atoms with Crippen molar-refractivity contribution >= 4 is 0 Å². The van der Waals surface area contributed by atoms with E-state index in [1.54, 1.807) is 7.11 Å². The van der Waals surface area contributed by atoms with Crippen LogP contribution in [0.2, 0.25) is 0 Å². The van der Waals surface area contributed by atoms with Gasteiger partial charge in [-0.3, -0.25) is 0 Å². The van der Waals surface area contributed by atoms with Crippen LogP contribution in [0.1, 0.15) is 19.4 Å². The van der Waals surface area contributed by atoms with Crippen molar-refractivity contribution in [2.24, 2.45) is 0 Å². The van der Waals surface area contributed by atoms with Crippen LogP contribution in [0, 0.1) is 0 Å². The van der Waals surface area contributed by atoms with E-state index in [9.17, 15) is 0 Å². The van der Waals surface area contributed by atoms with E-state index in [0.29, 0.717) is 6.42 Å². The summed E-state index contributed by atoms with van der Waals surface area (Å²) in [5.74, 6) is 1.46. The standard InChI is InChI=1S/C12H18O3/c1-9(2)15-12-8-10(6-7-13)4-5-11(12)14-3/h4-5,8-9,13H,6-7H2,1-3H3. The maximum atomic E-state index is 8.85. The zero-order chi connectivity index (χ0) is 11.3. The molecular weight excluding hydrogens is 192 g/mol. The molecule has 0 saturated carbocycles. The molecule has 0 unspecified atom stereocenters. The lowest BCUT2D eigenvalue weighted by Crippen LogP contribution is -2.07. The van der Waals surface area contributed by atoms with E-state index in [0.717, 1.165) is 17.1 Å². The van der Waals surface area contributed by atoms with Crippen molar-refractivity contribution in [3.63, 3.8) is 0 Å². The number of ether oxygens (including phenoxy) is 2. The molecule has 1 N–H and O–H groups in total. The number of hydrogen-bond donors (Lipinski definition) is 1. The van der Waals surface area contributed by atoms with Gasteiger partial charge in [0.05, 0.1) is 13.2 Å². The van der Waals surface area contributed by atoms with Crippen LogP contribution in [-0.4, -0.2) is 24.9 Å². The molecule has 0 fully saturated rings. The number of benzene rings is 1. The van der Waals surface area contributed by atoms with Crippen LogP contribution in [0.25, 0.3) is 0 Å². The molecule has 1 aromatic carbocycles. The summed E-state index contributed by atoms with van der Waals surface area (Å²) >= 11 is 0. The molecule has 0 heterocycles. The summed E-state index contributed by atoms with van der Waals surface area (Å²) in [5, 5.41) is 8.85. The molecule has 3 heteroatoms. The Kier molecular flexibility index (Phi) is 4.43. The third kappa shape index (κ3) is 3.44. The molecule has 3 nitrogen and oxygen atoms in total. The lowest BCUT2D eigenvalue weighted by molar-refractivity contribution is 0.229. The molecular formula is C12H18O3. The quantitative estimate of drug-likeness (QED) is 0.808. The Hall–Kier alpha value is -1.22. The molecule has 0 aliphatic heterocycles. The minimum atomic E-state index is 0.114. The molecule has 0 bridgehead atoms. The van der Waals surface area contributed by atoms with E-state index < -0.39 is 0 Å². The molecule has 0 atom stereocenters. The minimum Gasteiger partial charge on any atom is -0.493 e. The van der Waals surface area contributed by atoms with Crippen molar-refractivity contribution in [2.45, 2.75) is 26.4 Å². The highest BCUT2D eigenvalue weighted by atomic mass is 16.5. The van der Waals surface area contributed by atoms with Crippen LogP contribution >= 0.6 is 0 Å². The van der Waals surface area contributed by atoms with Gasteiger partial charge in [-0.1, -0.05) is 6.07 Å². The molecule has 0 aliphatic carbocycles. The Bertz CT molecular complexity index is 308. The van der Waals surface area contributed by atoms with E-state index in [1.807, 2.05) is 32.0 Å². The molecule has 0 radical (unpaired) electrons. The summed E-state index contributed by atoms with van der Waals surface area (Å²) in [7, 11) is 1.62. The number of methoxy groups -OCH3 is 1. The van der Waals surface area contributed by atoms with E-state index in [1.165, 1.54) is 0 Å². The molecule has 1 rings (SSSR count). The maximum absolute atomic E-state index is 8.85. The summed E-state index contributed by atoms with van der Waals surface area (Å²) in [6.45, 7) is 4.09. The highest BCUT2D eigenvalue weighted by Gasteiger charge is 2.07. The first-order chi connectivity index (χ1) is 7.17. The van der Waals surface area contributed by atoms with Gasteiger partial charge in [0.1, 0.15) is 0 Å². The highest BCUT2D eigenvalue weighted by Crippen LogP contribution is 2.29. The Balaban J connectivity index is 2.91. The van der Waals surface area contributed by atoms with Crippen LogP contribution < -0.4 is 9.47 Å². The second kappa shape index (κ2) is 5.61. The molecule has 0 amide bonds. The van der Waals surface area contributed by atoms with Crippen LogP contribution in [0.4, 0.5) is 0 Å². The van der Waals surface area contributed by atoms with Crippen molar-refractivity contribution in [2.75, 3.05) is 13.7 Å². The summed E-state index contributed by atoms with van der Waals surface area (Å²) in [5.41, 5.74) is 1.05. The fourth-order valence-corrected chi connectivity index (χ4v) is 1.35. The number of hydrogen-bond acceptors (Lipinski definition) is 3. The normalized spacial score (nSPS) is 10.5. The maximum Gasteiger partial charge on any atom is 0.161 e. The molecule has 0 aromatic heterocycles. The smallest absolute Gasteiger partial charge is 0.161 e. The average Bonchev–Trinajstić information content (AvgIpc) is 2.18. The van der Waals surface area contributed by atoms with Crippen molar-refractivity contribution in [3.05, 3.63) is 23.8 Å². The fourth-order valence-electron chi connectivity index (χ4n) is 1.35. The Morgan fingerprint density at radius 2 is 2.00 bits per heavy atom. The first-order valence-electron chi connectivity index (χ1n) is 5.11. The molecule has 0 saturated heterocycles. The lowest BCUT2D eigenvalue weighted by Gasteiger charge is -2.14. The van der Waals surface area contributed by atoms with Crippen molar-refractivity contribution in [1.29, 1.82) is 0 Å². The van der Waals surface area contributed by atoms with E-state index in [-0.39, 0.29) is 12.7 Å². The molecule has 15 heavy (non-hydrogen) atoms. The van der Waals surface area contributed by atoms with Gasteiger partial charge in [-0.05, 0) is 38.0 Å². The SMILES string of the molecule is COc1ccc(CCO)cc1OC(C)C. The number of aliphatic hydroxyl groups excluding tert-OH is 1. The second-order valence-electron chi connectivity index (χ2n) is 3.63. The van der Waals surface area contributed by atoms with Crippen molar-refractivity contribution < 1.29 is 14.6 Å². The Labute approximate surface area is 90.6 Å². The Morgan fingerprint density at radius 1 is 1.27 bits per heavy atom. The van der Waals surface area contributed by atoms with Gasteiger partial charge in [0, 0.05) is 6.61 Å². The van der Waals surface area contributed by atoms with Crippen molar-refractivity contribution in [1.82, 2.24) is 0 Å². The zero-order valence-corrected chi connectivity index (χ0v) is 9.49. The minimum absolute atomic E-state index is 0.114. The largest absolute Gasteiger partial charge is 0.493 e. The topological polar surface area (TPSA) is 38.7 Å². The van der Waals surface area contributed by atoms with Gasteiger partial charge in [-0.25, -0.2) is 0 Å². The van der Waals surface area contributed by atoms with Gasteiger partial charge in [0.15, 0.2) is 11.5 Å². The number of aliphatic hydroxyl groups is 1. The predicted octanol–water partition coefficient (Wildman–Crippen LogP) is 2.02. The summed E-state index contributed by atoms with van der Waals surface area (Å²) < 4.78 is 10.8. The third-order valence-corrected chi connectivity index (χ3v) is 1.99. The fraction of sp³-hybridized carbons (Fsp3) is 0.500. The first kappa shape index (κ1) is 11.9. The van der Waals surface area contributed by atoms with Crippen LogP contribution in [0.3, 0.4) is 0 Å². The van der Waals surface area contributed by atoms with Gasteiger partial charge in [0.2, 0.25) is 0 Å². The van der Waals surface area contributed by atoms with Gasteiger partial charge in [0.25, 0.3) is 0 Å². The first-order valence-corrected chi connectivity index (χ1v) is 5.11. The monoisotopic (exact) mass is 210 g/mol. The molecule has 1 aromatic rings. The van der Waals surface area contributed by atoms with Crippen LogP contribution in [0.15, 0.2) is 18.2 Å². The average molecular weight is 210 g/mol. The van der Waals surface area contributed by atoms with Crippen LogP contribution in [-0.2, 0) is 6.42 Å². The van der Waals surface area contributed by atoms with Crippen molar-refractivity contribution in [3.8, 4) is 11.5 Å². The highest BCUT2D eigenvalue weighted by molar-refractivity contribution is 5.43. The second-order valence-corrected chi connectivity index (χ2v) is 3.63. The summed E-state index contributed by atoms with van der Waals surface area (Å²) in [6.07, 6.45) is 0.751. The molecule has 84 valence electrons. The van der Waals surface area contributed by atoms with Gasteiger partial charge in [-0.15, -0.1) is 0 Å². The number of rotatable bonds is 5. The van der Waals surface area contributed by atoms with E-state index in [4.69, 9.17) is 14.6 Å². The van der Waals surface area contributed by atoms with Gasteiger partial charge < -0.3 is 14.6 Å². The Morgan fingerprint density at radius 3 is 2.53 bits per heavy atom. The summed E-state index contributed by atoms with van der Waals surface area (Å²) in [4.78, 5) is 0. The predicted molar refractivity (Wildman–Crippen MR) is 59.5 cm³/mol. The van der Waals surface area contributed by atoms with Gasteiger partial charge >= 0.3 is 0 Å². The van der Waals surface area contributed by atoms with E-state index >= 15 is 0 Å².